The fraction of sp³-hybridized carbons (Fsp3) is 0. The van der Waals surface area contributed by atoms with Crippen molar-refractivity contribution < 1.29 is 0 Å². The fourth-order valence-corrected chi connectivity index (χ4v) is 3.51. The number of hydrogen-bond acceptors (Lipinski definition) is 4. The Kier molecular flexibility index (Phi) is 6.40. The maximum absolute atomic E-state index is 4.71. The van der Waals surface area contributed by atoms with Crippen molar-refractivity contribution in [2.24, 2.45) is 9.98 Å². The van der Waals surface area contributed by atoms with Gasteiger partial charge in [-0.2, -0.15) is 0 Å². The summed E-state index contributed by atoms with van der Waals surface area (Å²) < 4.78 is 0. The zero-order valence-corrected chi connectivity index (χ0v) is 18.6. The molecule has 5 rings (SSSR count). The second-order valence-electron chi connectivity index (χ2n) is 7.82. The van der Waals surface area contributed by atoms with Crippen molar-refractivity contribution in [1.29, 1.82) is 0 Å². The number of benzene rings is 4. The smallest absolute Gasteiger partial charge is 0.0638 e. The van der Waals surface area contributed by atoms with E-state index in [2.05, 4.69) is 10.6 Å². The van der Waals surface area contributed by atoms with Crippen LogP contribution in [0.25, 0.3) is 0 Å². The van der Waals surface area contributed by atoms with E-state index in [0.29, 0.717) is 0 Å². The molecule has 0 aromatic heterocycles. The van der Waals surface area contributed by atoms with Crippen LogP contribution in [0.1, 0.15) is 0 Å². The van der Waals surface area contributed by atoms with Crippen LogP contribution in [0.3, 0.4) is 0 Å². The van der Waals surface area contributed by atoms with Gasteiger partial charge in [-0.3, -0.25) is 0 Å². The van der Waals surface area contributed by atoms with Crippen LogP contribution in [-0.2, 0) is 0 Å². The third-order valence-corrected chi connectivity index (χ3v) is 5.23. The predicted octanol–water partition coefficient (Wildman–Crippen LogP) is 8.15. The predicted molar refractivity (Wildman–Crippen MR) is 145 cm³/mol. The van der Waals surface area contributed by atoms with Crippen LogP contribution in [0.5, 0.6) is 0 Å². The number of anilines is 4. The lowest BCUT2D eigenvalue weighted by Gasteiger charge is -2.07. The van der Waals surface area contributed by atoms with Gasteiger partial charge in [0.2, 0.25) is 0 Å². The Labute approximate surface area is 199 Å². The van der Waals surface area contributed by atoms with E-state index in [1.165, 1.54) is 0 Å². The normalized spacial score (nSPS) is 12.4. The minimum Gasteiger partial charge on any atom is -0.356 e. The monoisotopic (exact) mass is 440 g/mol. The van der Waals surface area contributed by atoms with Crippen LogP contribution in [-0.4, -0.2) is 11.4 Å². The van der Waals surface area contributed by atoms with Crippen LogP contribution in [0, 0.1) is 0 Å². The lowest BCUT2D eigenvalue weighted by molar-refractivity contribution is 1.48. The summed E-state index contributed by atoms with van der Waals surface area (Å²) in [6, 6.07) is 36.4. The van der Waals surface area contributed by atoms with Crippen LogP contribution in [0.2, 0.25) is 0 Å². The molecule has 0 amide bonds. The summed E-state index contributed by atoms with van der Waals surface area (Å²) in [6.45, 7) is 0. The summed E-state index contributed by atoms with van der Waals surface area (Å²) in [7, 11) is 0. The largest absolute Gasteiger partial charge is 0.356 e. The summed E-state index contributed by atoms with van der Waals surface area (Å²) in [5.74, 6) is 0. The highest BCUT2D eigenvalue weighted by Gasteiger charge is 2.02. The second-order valence-corrected chi connectivity index (χ2v) is 7.82. The molecular weight excluding hydrogens is 416 g/mol. The zero-order chi connectivity index (χ0) is 23.0. The first-order chi connectivity index (χ1) is 16.8. The van der Waals surface area contributed by atoms with Crippen LogP contribution in [0.15, 0.2) is 143 Å². The van der Waals surface area contributed by atoms with Gasteiger partial charge in [-0.25, -0.2) is 9.98 Å². The molecule has 2 N–H and O–H groups in total. The minimum atomic E-state index is 0.894. The quantitative estimate of drug-likeness (QED) is 0.297. The number of rotatable bonds is 6. The molecule has 4 nitrogen and oxygen atoms in total. The molecule has 0 spiro atoms. The van der Waals surface area contributed by atoms with Crippen molar-refractivity contribution in [3.63, 3.8) is 0 Å². The van der Waals surface area contributed by atoms with E-state index in [9.17, 15) is 0 Å². The summed E-state index contributed by atoms with van der Waals surface area (Å²) in [4.78, 5) is 9.42. The maximum Gasteiger partial charge on any atom is 0.0638 e. The Morgan fingerprint density at radius 2 is 0.676 bits per heavy atom. The molecule has 34 heavy (non-hydrogen) atoms. The maximum atomic E-state index is 4.71. The fourth-order valence-electron chi connectivity index (χ4n) is 3.51. The molecule has 4 heteroatoms. The molecule has 0 heterocycles. The number of nitrogens with one attached hydrogen (secondary N) is 2. The first kappa shape index (κ1) is 21.2. The summed E-state index contributed by atoms with van der Waals surface area (Å²) in [6.07, 6.45) is 7.95. The molecule has 0 saturated heterocycles. The third kappa shape index (κ3) is 5.75. The van der Waals surface area contributed by atoms with Crippen LogP contribution >= 0.6 is 0 Å². The lowest BCUT2D eigenvalue weighted by Crippen LogP contribution is -1.99. The van der Waals surface area contributed by atoms with E-state index in [4.69, 9.17) is 9.98 Å². The number of para-hydroxylation sites is 2. The Morgan fingerprint density at radius 1 is 0.353 bits per heavy atom. The first-order valence-electron chi connectivity index (χ1n) is 11.2. The van der Waals surface area contributed by atoms with E-state index in [0.717, 1.165) is 45.5 Å². The van der Waals surface area contributed by atoms with E-state index in [-0.39, 0.29) is 0 Å². The standard InChI is InChI=1S/C30H24N4/c1-3-7-23(8-4-1)31-25-11-15-27(16-12-25)33-29-19-21-30(22-20-29)34-28-17-13-26(14-18-28)32-24-9-5-2-6-10-24/h1-22,31-32H. The number of hydrogen-bond donors (Lipinski definition) is 2. The summed E-state index contributed by atoms with van der Waals surface area (Å²) in [5.41, 5.74) is 7.79. The lowest BCUT2D eigenvalue weighted by atomic mass is 10.1. The van der Waals surface area contributed by atoms with Gasteiger partial charge in [0.15, 0.2) is 0 Å². The molecule has 4 aromatic rings. The van der Waals surface area contributed by atoms with Crippen molar-refractivity contribution in [2.45, 2.75) is 0 Å². The highest BCUT2D eigenvalue weighted by atomic mass is 14.9. The van der Waals surface area contributed by atoms with Crippen LogP contribution < -0.4 is 10.6 Å². The Hall–Kier alpha value is -4.70. The van der Waals surface area contributed by atoms with Gasteiger partial charge in [0.05, 0.1) is 22.8 Å². The van der Waals surface area contributed by atoms with Crippen molar-refractivity contribution >= 4 is 45.5 Å². The molecule has 0 unspecified atom stereocenters. The molecule has 164 valence electrons. The van der Waals surface area contributed by atoms with E-state index < -0.39 is 0 Å². The van der Waals surface area contributed by atoms with E-state index >= 15 is 0 Å². The van der Waals surface area contributed by atoms with Crippen molar-refractivity contribution in [3.8, 4) is 0 Å². The van der Waals surface area contributed by atoms with Gasteiger partial charge in [-0.05, 0) is 97.1 Å². The first-order valence-corrected chi connectivity index (χ1v) is 11.2. The molecule has 0 saturated carbocycles. The molecule has 0 bridgehead atoms. The SMILES string of the molecule is C1=CC(=Nc2ccc(Nc3ccccc3)cc2)C=CC1=Nc1ccc(Nc2ccccc2)cc1. The van der Waals surface area contributed by atoms with Crippen molar-refractivity contribution in [3.05, 3.63) is 133 Å². The summed E-state index contributed by atoms with van der Waals surface area (Å²) in [5, 5.41) is 6.77. The molecule has 0 atom stereocenters. The molecule has 1 aliphatic rings. The molecule has 0 fully saturated rings. The summed E-state index contributed by atoms with van der Waals surface area (Å²) >= 11 is 0. The number of allylic oxidation sites excluding steroid dienone is 4. The van der Waals surface area contributed by atoms with Gasteiger partial charge in [0.25, 0.3) is 0 Å². The Balaban J connectivity index is 1.20. The average Bonchev–Trinajstić information content (AvgIpc) is 2.89. The van der Waals surface area contributed by atoms with Gasteiger partial charge >= 0.3 is 0 Å². The number of nitrogens with zero attached hydrogens (tertiary/aromatic N) is 2. The van der Waals surface area contributed by atoms with Gasteiger partial charge in [-0.1, -0.05) is 36.4 Å². The molecule has 0 radical (unpaired) electrons. The molecule has 0 aliphatic heterocycles. The van der Waals surface area contributed by atoms with Gasteiger partial charge in [0.1, 0.15) is 0 Å². The highest BCUT2D eigenvalue weighted by molar-refractivity contribution is 6.19. The van der Waals surface area contributed by atoms with Crippen molar-refractivity contribution in [2.75, 3.05) is 10.6 Å². The zero-order valence-electron chi connectivity index (χ0n) is 18.6. The van der Waals surface area contributed by atoms with Gasteiger partial charge in [-0.15, -0.1) is 0 Å². The van der Waals surface area contributed by atoms with E-state index in [1.54, 1.807) is 0 Å². The van der Waals surface area contributed by atoms with Crippen molar-refractivity contribution in [1.82, 2.24) is 0 Å². The van der Waals surface area contributed by atoms with E-state index in [1.807, 2.05) is 133 Å². The Morgan fingerprint density at radius 3 is 1.03 bits per heavy atom. The minimum absolute atomic E-state index is 0.894. The number of aliphatic imine (C=N–C) groups is 2. The molecule has 1 aliphatic carbocycles. The second kappa shape index (κ2) is 10.3. The molecule has 4 aromatic carbocycles. The third-order valence-electron chi connectivity index (χ3n) is 5.23. The molecular formula is C30H24N4. The average molecular weight is 441 g/mol. The van der Waals surface area contributed by atoms with Gasteiger partial charge in [0, 0.05) is 22.7 Å². The van der Waals surface area contributed by atoms with Crippen LogP contribution in [0.4, 0.5) is 34.1 Å². The highest BCUT2D eigenvalue weighted by Crippen LogP contribution is 2.22. The van der Waals surface area contributed by atoms with Gasteiger partial charge < -0.3 is 10.6 Å². The topological polar surface area (TPSA) is 48.8 Å². The Bertz CT molecular complexity index is 1220.